The average molecular weight is 297 g/mol. The van der Waals surface area contributed by atoms with Crippen molar-refractivity contribution in [3.8, 4) is 16.9 Å². The predicted octanol–water partition coefficient (Wildman–Crippen LogP) is 5.42. The fourth-order valence-electron chi connectivity index (χ4n) is 3.51. The van der Waals surface area contributed by atoms with Crippen LogP contribution in [0.4, 0.5) is 5.69 Å². The minimum absolute atomic E-state index is 0.483. The van der Waals surface area contributed by atoms with Gasteiger partial charge in [0.05, 0.1) is 0 Å². The first-order valence-electron chi connectivity index (χ1n) is 7.82. The fraction of sp³-hybridized carbons (Fsp3) is 0.0476. The summed E-state index contributed by atoms with van der Waals surface area (Å²) in [6.07, 6.45) is 0. The molecule has 0 unspecified atom stereocenters. The van der Waals surface area contributed by atoms with Gasteiger partial charge in [-0.1, -0.05) is 60.7 Å². The van der Waals surface area contributed by atoms with Crippen LogP contribution in [-0.2, 0) is 0 Å². The summed E-state index contributed by atoms with van der Waals surface area (Å²) >= 11 is 0. The highest BCUT2D eigenvalue weighted by molar-refractivity contribution is 6.11. The third-order valence-electron chi connectivity index (χ3n) is 4.56. The van der Waals surface area contributed by atoms with E-state index >= 15 is 0 Å². The molecule has 0 saturated heterocycles. The molecule has 4 aromatic carbocycles. The molecule has 5 rings (SSSR count). The lowest BCUT2D eigenvalue weighted by Gasteiger charge is -2.14. The Hall–Kier alpha value is -3.00. The highest BCUT2D eigenvalue weighted by atomic mass is 16.5. The Morgan fingerprint density at radius 1 is 0.652 bits per heavy atom. The molecule has 1 heterocycles. The highest BCUT2D eigenvalue weighted by Gasteiger charge is 2.20. The summed E-state index contributed by atoms with van der Waals surface area (Å²) < 4.78 is 5.98. The molecule has 0 atom stereocenters. The molecule has 23 heavy (non-hydrogen) atoms. The zero-order chi connectivity index (χ0) is 15.2. The van der Waals surface area contributed by atoms with Gasteiger partial charge >= 0.3 is 0 Å². The van der Waals surface area contributed by atoms with Gasteiger partial charge in [-0.25, -0.2) is 0 Å². The molecule has 0 saturated carbocycles. The van der Waals surface area contributed by atoms with E-state index in [-0.39, 0.29) is 0 Å². The number of hydrogen-bond acceptors (Lipinski definition) is 2. The molecule has 2 heteroatoms. The first-order valence-corrected chi connectivity index (χ1v) is 7.82. The van der Waals surface area contributed by atoms with Crippen molar-refractivity contribution in [2.24, 2.45) is 0 Å². The second-order valence-corrected chi connectivity index (χ2v) is 5.83. The third-order valence-corrected chi connectivity index (χ3v) is 4.56. The smallest absolute Gasteiger partial charge is 0.159 e. The van der Waals surface area contributed by atoms with E-state index < -0.39 is 0 Å². The molecule has 0 amide bonds. The lowest BCUT2D eigenvalue weighted by Crippen LogP contribution is -2.06. The molecule has 0 aromatic heterocycles. The standard InChI is InChI=1S/C21H15NO/c1-3-7-16-14(5-1)9-11-18-20(16)21-17-8-4-2-6-15(17)10-12-19(21)23-13-22-18/h1-12,22H,13H2. The first-order chi connectivity index (χ1) is 11.4. The van der Waals surface area contributed by atoms with Crippen molar-refractivity contribution in [2.45, 2.75) is 0 Å². The Bertz CT molecular complexity index is 967. The maximum Gasteiger partial charge on any atom is 0.159 e. The molecule has 1 aliphatic heterocycles. The van der Waals surface area contributed by atoms with Crippen molar-refractivity contribution in [3.05, 3.63) is 72.8 Å². The maximum atomic E-state index is 5.98. The van der Waals surface area contributed by atoms with Crippen LogP contribution in [0.5, 0.6) is 5.75 Å². The number of benzene rings is 4. The second kappa shape index (κ2) is 4.75. The Kier molecular flexibility index (Phi) is 2.59. The molecule has 0 fully saturated rings. The number of ether oxygens (including phenoxy) is 1. The largest absolute Gasteiger partial charge is 0.473 e. The van der Waals surface area contributed by atoms with E-state index in [2.05, 4.69) is 78.1 Å². The minimum Gasteiger partial charge on any atom is -0.473 e. The van der Waals surface area contributed by atoms with E-state index in [0.29, 0.717) is 6.73 Å². The Labute approximate surface area is 134 Å². The van der Waals surface area contributed by atoms with Crippen molar-refractivity contribution in [1.29, 1.82) is 0 Å². The Morgan fingerprint density at radius 3 is 2.09 bits per heavy atom. The molecule has 4 aromatic rings. The number of rotatable bonds is 0. The number of nitrogens with one attached hydrogen (secondary N) is 1. The zero-order valence-electron chi connectivity index (χ0n) is 12.5. The molecule has 0 radical (unpaired) electrons. The Balaban J connectivity index is 2.01. The van der Waals surface area contributed by atoms with Gasteiger partial charge in [-0.3, -0.25) is 0 Å². The van der Waals surface area contributed by atoms with Crippen molar-refractivity contribution in [2.75, 3.05) is 12.0 Å². The monoisotopic (exact) mass is 297 g/mol. The number of anilines is 1. The summed E-state index contributed by atoms with van der Waals surface area (Å²) in [6.45, 7) is 0.483. The first kappa shape index (κ1) is 12.5. The quantitative estimate of drug-likeness (QED) is 0.468. The van der Waals surface area contributed by atoms with E-state index in [1.165, 1.54) is 32.7 Å². The molecule has 1 aliphatic rings. The summed E-state index contributed by atoms with van der Waals surface area (Å²) in [7, 11) is 0. The molecule has 110 valence electrons. The predicted molar refractivity (Wildman–Crippen MR) is 96.0 cm³/mol. The van der Waals surface area contributed by atoms with Gasteiger partial charge in [-0.15, -0.1) is 0 Å². The summed E-state index contributed by atoms with van der Waals surface area (Å²) in [6, 6.07) is 25.5. The van der Waals surface area contributed by atoms with Crippen LogP contribution in [0.25, 0.3) is 32.7 Å². The molecule has 0 aliphatic carbocycles. The summed E-state index contributed by atoms with van der Waals surface area (Å²) in [5, 5.41) is 8.36. The second-order valence-electron chi connectivity index (χ2n) is 5.83. The molecule has 1 N–H and O–H groups in total. The van der Waals surface area contributed by atoms with E-state index in [0.717, 1.165) is 11.4 Å². The van der Waals surface area contributed by atoms with E-state index in [1.54, 1.807) is 0 Å². The molecule has 2 nitrogen and oxygen atoms in total. The van der Waals surface area contributed by atoms with Crippen LogP contribution in [0.2, 0.25) is 0 Å². The van der Waals surface area contributed by atoms with Gasteiger partial charge in [0.2, 0.25) is 0 Å². The summed E-state index contributed by atoms with van der Waals surface area (Å²) in [5.74, 6) is 0.936. The van der Waals surface area contributed by atoms with Crippen LogP contribution in [0.1, 0.15) is 0 Å². The summed E-state index contributed by atoms with van der Waals surface area (Å²) in [5.41, 5.74) is 3.53. The van der Waals surface area contributed by atoms with Crippen LogP contribution < -0.4 is 10.1 Å². The van der Waals surface area contributed by atoms with Gasteiger partial charge in [0, 0.05) is 16.8 Å². The van der Waals surface area contributed by atoms with Gasteiger partial charge in [-0.05, 0) is 33.7 Å². The van der Waals surface area contributed by atoms with Gasteiger partial charge in [0.1, 0.15) is 5.75 Å². The van der Waals surface area contributed by atoms with Crippen LogP contribution in [-0.4, -0.2) is 6.73 Å². The number of hydrogen-bond donors (Lipinski definition) is 1. The van der Waals surface area contributed by atoms with Crippen LogP contribution >= 0.6 is 0 Å². The third kappa shape index (κ3) is 1.82. The molecule has 0 spiro atoms. The van der Waals surface area contributed by atoms with Crippen molar-refractivity contribution >= 4 is 27.2 Å². The van der Waals surface area contributed by atoms with Crippen LogP contribution in [0, 0.1) is 0 Å². The van der Waals surface area contributed by atoms with E-state index in [4.69, 9.17) is 4.74 Å². The minimum atomic E-state index is 0.483. The molecular weight excluding hydrogens is 282 g/mol. The zero-order valence-corrected chi connectivity index (χ0v) is 12.5. The lowest BCUT2D eigenvalue weighted by atomic mass is 9.92. The number of fused-ring (bicyclic) bond motifs is 7. The van der Waals surface area contributed by atoms with Gasteiger partial charge < -0.3 is 10.1 Å². The van der Waals surface area contributed by atoms with Gasteiger partial charge in [-0.2, -0.15) is 0 Å². The van der Waals surface area contributed by atoms with Crippen molar-refractivity contribution in [1.82, 2.24) is 0 Å². The van der Waals surface area contributed by atoms with Crippen LogP contribution in [0.15, 0.2) is 72.8 Å². The van der Waals surface area contributed by atoms with Crippen LogP contribution in [0.3, 0.4) is 0 Å². The maximum absolute atomic E-state index is 5.98. The Morgan fingerprint density at radius 2 is 1.30 bits per heavy atom. The summed E-state index contributed by atoms with van der Waals surface area (Å²) in [4.78, 5) is 0. The topological polar surface area (TPSA) is 21.3 Å². The lowest BCUT2D eigenvalue weighted by molar-refractivity contribution is 0.351. The van der Waals surface area contributed by atoms with E-state index in [9.17, 15) is 0 Å². The van der Waals surface area contributed by atoms with E-state index in [1.807, 2.05) is 0 Å². The molecular formula is C21H15NO. The fourth-order valence-corrected chi connectivity index (χ4v) is 3.51. The SMILES string of the molecule is c1ccc2c3c(ccc2c1)NCOc1ccc2ccccc2c1-3. The highest BCUT2D eigenvalue weighted by Crippen LogP contribution is 2.45. The van der Waals surface area contributed by atoms with Gasteiger partial charge in [0.15, 0.2) is 6.73 Å². The normalized spacial score (nSPS) is 12.9. The van der Waals surface area contributed by atoms with Gasteiger partial charge in [0.25, 0.3) is 0 Å². The van der Waals surface area contributed by atoms with Crippen molar-refractivity contribution < 1.29 is 4.74 Å². The van der Waals surface area contributed by atoms with Crippen molar-refractivity contribution in [3.63, 3.8) is 0 Å². The average Bonchev–Trinajstić information content (AvgIpc) is 2.81. The molecule has 0 bridgehead atoms.